The van der Waals surface area contributed by atoms with Crippen LogP contribution >= 0.6 is 0 Å². The Hall–Kier alpha value is -3.56. The van der Waals surface area contributed by atoms with E-state index < -0.39 is 0 Å². The zero-order valence-corrected chi connectivity index (χ0v) is 17.6. The second-order valence-electron chi connectivity index (χ2n) is 8.12. The fraction of sp³-hybridized carbons (Fsp3) is 0.381. The molecule has 4 heterocycles. The second-order valence-corrected chi connectivity index (χ2v) is 8.12. The first-order valence-electron chi connectivity index (χ1n) is 10.2. The average Bonchev–Trinajstić information content (AvgIpc) is 3.32. The van der Waals surface area contributed by atoms with Crippen LogP contribution in [-0.4, -0.2) is 49.4 Å². The number of benzene rings is 1. The molecule has 0 saturated carbocycles. The number of aryl methyl sites for hydroxylation is 1. The Kier molecular flexibility index (Phi) is 4.38. The Morgan fingerprint density at radius 3 is 2.84 bits per heavy atom. The Morgan fingerprint density at radius 1 is 1.23 bits per heavy atom. The number of nitrogens with zero attached hydrogens (tertiary/aromatic N) is 7. The number of hydrogen-bond acceptors (Lipinski definition) is 7. The van der Waals surface area contributed by atoms with Gasteiger partial charge < -0.3 is 15.5 Å². The Labute approximate surface area is 178 Å². The summed E-state index contributed by atoms with van der Waals surface area (Å²) in [6.07, 6.45) is 1.62. The number of carbonyl (C=O) groups excluding carboxylic acids is 1. The maximum Gasteiger partial charge on any atom is 0.254 e. The molecule has 1 fully saturated rings. The van der Waals surface area contributed by atoms with E-state index in [4.69, 9.17) is 10.7 Å². The van der Waals surface area contributed by atoms with Gasteiger partial charge in [0, 0.05) is 31.9 Å². The van der Waals surface area contributed by atoms with Gasteiger partial charge in [0.05, 0.1) is 23.8 Å². The molecule has 1 amide bonds. The van der Waals surface area contributed by atoms with E-state index in [1.165, 1.54) is 12.1 Å². The summed E-state index contributed by atoms with van der Waals surface area (Å²) >= 11 is 0. The van der Waals surface area contributed by atoms with Gasteiger partial charge >= 0.3 is 0 Å². The second kappa shape index (κ2) is 7.00. The SMILES string of the molecule is Cc1c2c(nn1C)CN(C)C(=O)c1ccc(F)cc1[C@H]1CCCN1c1nc-2nnc1N. The minimum Gasteiger partial charge on any atom is -0.379 e. The summed E-state index contributed by atoms with van der Waals surface area (Å²) < 4.78 is 16.0. The van der Waals surface area contributed by atoms with Crippen molar-refractivity contribution >= 4 is 17.5 Å². The van der Waals surface area contributed by atoms with Crippen LogP contribution in [0.3, 0.4) is 0 Å². The van der Waals surface area contributed by atoms with Crippen LogP contribution in [0.5, 0.6) is 0 Å². The normalized spacial score (nSPS) is 18.2. The van der Waals surface area contributed by atoms with Gasteiger partial charge in [0.1, 0.15) is 5.82 Å². The van der Waals surface area contributed by atoms with Crippen molar-refractivity contribution in [2.45, 2.75) is 32.4 Å². The quantitative estimate of drug-likeness (QED) is 0.592. The molecule has 2 aliphatic rings. The molecule has 2 N–H and O–H groups in total. The van der Waals surface area contributed by atoms with Crippen LogP contribution in [0.4, 0.5) is 16.0 Å². The lowest BCUT2D eigenvalue weighted by molar-refractivity contribution is 0.0781. The number of anilines is 2. The number of amides is 1. The molecule has 10 heteroatoms. The van der Waals surface area contributed by atoms with E-state index in [0.29, 0.717) is 35.0 Å². The monoisotopic (exact) mass is 422 g/mol. The van der Waals surface area contributed by atoms with Crippen molar-refractivity contribution in [2.75, 3.05) is 24.2 Å². The molecule has 31 heavy (non-hydrogen) atoms. The van der Waals surface area contributed by atoms with Crippen LogP contribution in [0.25, 0.3) is 11.4 Å². The number of carbonyl (C=O) groups is 1. The minimum atomic E-state index is -0.384. The van der Waals surface area contributed by atoms with Gasteiger partial charge in [0.15, 0.2) is 17.5 Å². The third-order valence-electron chi connectivity index (χ3n) is 6.18. The molecule has 0 unspecified atom stereocenters. The van der Waals surface area contributed by atoms with Crippen molar-refractivity contribution in [1.29, 1.82) is 0 Å². The Bertz CT molecular complexity index is 1210. The standard InChI is InChI=1S/C21H23FN8O/c1-11-17-15(27-29(11)3)10-28(2)21(31)13-7-6-12(22)9-14(13)16-5-4-8-30(16)20-18(23)25-26-19(17)24-20/h6-7,9,16H,4-5,8,10H2,1-3H3,(H2,23,25)/t16-/m1/s1. The lowest BCUT2D eigenvalue weighted by Crippen LogP contribution is -2.31. The topological polar surface area (TPSA) is 106 Å². The van der Waals surface area contributed by atoms with E-state index >= 15 is 0 Å². The highest BCUT2D eigenvalue weighted by molar-refractivity contribution is 5.96. The molecule has 3 aromatic rings. The van der Waals surface area contributed by atoms with Crippen molar-refractivity contribution in [3.05, 3.63) is 46.5 Å². The van der Waals surface area contributed by atoms with E-state index in [9.17, 15) is 9.18 Å². The van der Waals surface area contributed by atoms with Crippen LogP contribution in [0.2, 0.25) is 0 Å². The third-order valence-corrected chi connectivity index (χ3v) is 6.18. The van der Waals surface area contributed by atoms with E-state index in [2.05, 4.69) is 15.3 Å². The van der Waals surface area contributed by atoms with Crippen LogP contribution in [-0.2, 0) is 13.6 Å². The lowest BCUT2D eigenvalue weighted by atomic mass is 9.97. The number of aromatic nitrogens is 5. The molecule has 0 aliphatic carbocycles. The first-order chi connectivity index (χ1) is 14.8. The number of halogens is 1. The van der Waals surface area contributed by atoms with Crippen molar-refractivity contribution in [2.24, 2.45) is 7.05 Å². The smallest absolute Gasteiger partial charge is 0.254 e. The summed E-state index contributed by atoms with van der Waals surface area (Å²) in [5.74, 6) is 0.546. The van der Waals surface area contributed by atoms with Crippen LogP contribution < -0.4 is 10.6 Å². The maximum absolute atomic E-state index is 14.3. The highest BCUT2D eigenvalue weighted by Crippen LogP contribution is 2.40. The van der Waals surface area contributed by atoms with Crippen LogP contribution in [0.15, 0.2) is 18.2 Å². The summed E-state index contributed by atoms with van der Waals surface area (Å²) in [6, 6.07) is 4.09. The molecule has 2 bridgehead atoms. The lowest BCUT2D eigenvalue weighted by Gasteiger charge is -2.29. The fourth-order valence-corrected chi connectivity index (χ4v) is 4.57. The van der Waals surface area contributed by atoms with Gasteiger partial charge in [-0.3, -0.25) is 9.48 Å². The Balaban J connectivity index is 1.79. The maximum atomic E-state index is 14.3. The highest BCUT2D eigenvalue weighted by Gasteiger charge is 2.34. The first kappa shape index (κ1) is 19.4. The van der Waals surface area contributed by atoms with E-state index in [1.54, 1.807) is 22.7 Å². The highest BCUT2D eigenvalue weighted by atomic mass is 19.1. The van der Waals surface area contributed by atoms with Crippen LogP contribution in [0.1, 0.15) is 46.2 Å². The van der Waals surface area contributed by atoms with Crippen molar-refractivity contribution < 1.29 is 9.18 Å². The number of nitrogens with two attached hydrogens (primary N) is 1. The van der Waals surface area contributed by atoms with Gasteiger partial charge in [-0.2, -0.15) is 5.10 Å². The largest absolute Gasteiger partial charge is 0.379 e. The first-order valence-corrected chi connectivity index (χ1v) is 10.2. The summed E-state index contributed by atoms with van der Waals surface area (Å²) in [5, 5.41) is 13.0. The summed E-state index contributed by atoms with van der Waals surface area (Å²) in [5.41, 5.74) is 9.56. The molecular weight excluding hydrogens is 399 g/mol. The Morgan fingerprint density at radius 2 is 2.03 bits per heavy atom. The fourth-order valence-electron chi connectivity index (χ4n) is 4.57. The molecular formula is C21H23FN8O. The number of fused-ring (bicyclic) bond motifs is 8. The minimum absolute atomic E-state index is 0.188. The molecule has 0 radical (unpaired) electrons. The summed E-state index contributed by atoms with van der Waals surface area (Å²) in [6.45, 7) is 2.85. The molecule has 0 spiro atoms. The van der Waals surface area contributed by atoms with Gasteiger partial charge in [-0.05, 0) is 43.5 Å². The van der Waals surface area contributed by atoms with Gasteiger partial charge in [0.2, 0.25) is 0 Å². The predicted octanol–water partition coefficient (Wildman–Crippen LogP) is 2.23. The molecule has 1 aromatic carbocycles. The van der Waals surface area contributed by atoms with Gasteiger partial charge in [-0.1, -0.05) is 0 Å². The number of hydrogen-bond donors (Lipinski definition) is 1. The third kappa shape index (κ3) is 3.01. The zero-order valence-electron chi connectivity index (χ0n) is 17.6. The van der Waals surface area contributed by atoms with Crippen molar-refractivity contribution in [1.82, 2.24) is 29.9 Å². The van der Waals surface area contributed by atoms with Crippen LogP contribution in [0, 0.1) is 12.7 Å². The summed E-state index contributed by atoms with van der Waals surface area (Å²) in [4.78, 5) is 21.8. The molecule has 5 rings (SSSR count). The molecule has 9 nitrogen and oxygen atoms in total. The molecule has 1 saturated heterocycles. The van der Waals surface area contributed by atoms with E-state index in [1.807, 2.05) is 18.9 Å². The molecule has 2 aliphatic heterocycles. The zero-order chi connectivity index (χ0) is 21.9. The average molecular weight is 422 g/mol. The molecule has 1 atom stereocenters. The molecule has 2 aromatic heterocycles. The molecule has 160 valence electrons. The van der Waals surface area contributed by atoms with Gasteiger partial charge in [-0.25, -0.2) is 9.37 Å². The van der Waals surface area contributed by atoms with Gasteiger partial charge in [-0.15, -0.1) is 10.2 Å². The van der Waals surface area contributed by atoms with E-state index in [-0.39, 0.29) is 30.1 Å². The summed E-state index contributed by atoms with van der Waals surface area (Å²) in [7, 11) is 3.55. The van der Waals surface area contributed by atoms with Crippen molar-refractivity contribution in [3.63, 3.8) is 0 Å². The number of nitrogen functional groups attached to an aromatic ring is 1. The van der Waals surface area contributed by atoms with E-state index in [0.717, 1.165) is 24.1 Å². The predicted molar refractivity (Wildman–Crippen MR) is 113 cm³/mol. The van der Waals surface area contributed by atoms with Crippen molar-refractivity contribution in [3.8, 4) is 11.4 Å². The van der Waals surface area contributed by atoms with Gasteiger partial charge in [0.25, 0.3) is 5.91 Å². The number of rotatable bonds is 0.